The lowest BCUT2D eigenvalue weighted by molar-refractivity contribution is -0.212. The lowest BCUT2D eigenvalue weighted by atomic mass is 10.1. The molecule has 1 aliphatic heterocycles. The first kappa shape index (κ1) is 20.5. The van der Waals surface area contributed by atoms with E-state index in [4.69, 9.17) is 0 Å². The van der Waals surface area contributed by atoms with Gasteiger partial charge in [-0.1, -0.05) is 5.16 Å². The molecule has 2 aliphatic rings. The number of fused-ring (bicyclic) bond motifs is 1. The van der Waals surface area contributed by atoms with E-state index in [0.29, 0.717) is 22.6 Å². The van der Waals surface area contributed by atoms with Crippen LogP contribution in [0.5, 0.6) is 0 Å². The number of hydrogen-bond donors (Lipinski definition) is 2. The van der Waals surface area contributed by atoms with E-state index in [9.17, 15) is 31.5 Å². The largest absolute Gasteiger partial charge is 0.428 e. The van der Waals surface area contributed by atoms with Gasteiger partial charge in [0.15, 0.2) is 0 Å². The molecule has 0 unspecified atom stereocenters. The maximum atomic E-state index is 12.8. The van der Waals surface area contributed by atoms with E-state index >= 15 is 0 Å². The molecule has 1 aromatic rings. The van der Waals surface area contributed by atoms with Gasteiger partial charge < -0.3 is 15.5 Å². The number of oxime groups is 1. The van der Waals surface area contributed by atoms with Gasteiger partial charge in [-0.05, 0) is 30.4 Å². The number of nitrogens with zero attached hydrogens (tertiary/aromatic N) is 1. The summed E-state index contributed by atoms with van der Waals surface area (Å²) < 4.78 is 62.5. The van der Waals surface area contributed by atoms with E-state index in [1.54, 1.807) is 0 Å². The SMILES string of the molecule is O=C(CNC(=O)c1sc(C2=NO[C@@H](C(F)(F)F)C2)c2c1CCC2)NCC(F)F. The summed E-state index contributed by atoms with van der Waals surface area (Å²) in [5.74, 6) is -1.34. The van der Waals surface area contributed by atoms with Crippen molar-refractivity contribution in [3.05, 3.63) is 20.9 Å². The molecule has 0 bridgehead atoms. The van der Waals surface area contributed by atoms with Crippen LogP contribution in [0.2, 0.25) is 0 Å². The number of nitrogens with one attached hydrogen (secondary N) is 2. The quantitative estimate of drug-likeness (QED) is 0.687. The summed E-state index contributed by atoms with van der Waals surface area (Å²) in [6.45, 7) is -1.29. The smallest absolute Gasteiger partial charge is 0.382 e. The molecule has 12 heteroatoms. The third kappa shape index (κ3) is 4.42. The normalized spacial score (nSPS) is 18.6. The highest BCUT2D eigenvalue weighted by Crippen LogP contribution is 2.39. The molecule has 2 heterocycles. The molecule has 0 saturated carbocycles. The second-order valence-corrected chi connectivity index (χ2v) is 7.35. The average Bonchev–Trinajstić information content (AvgIpc) is 3.32. The predicted octanol–water partition coefficient (Wildman–Crippen LogP) is 2.40. The number of rotatable bonds is 6. The van der Waals surface area contributed by atoms with Gasteiger partial charge in [0.1, 0.15) is 5.71 Å². The Morgan fingerprint density at radius 2 is 1.93 bits per heavy atom. The molecular formula is C16H16F5N3O3S. The monoisotopic (exact) mass is 425 g/mol. The van der Waals surface area contributed by atoms with E-state index < -0.39 is 50.0 Å². The molecule has 1 aromatic heterocycles. The summed E-state index contributed by atoms with van der Waals surface area (Å²) in [5, 5.41) is 7.88. The zero-order chi connectivity index (χ0) is 20.5. The summed E-state index contributed by atoms with van der Waals surface area (Å²) in [5.41, 5.74) is 1.66. The lowest BCUT2D eigenvalue weighted by Gasteiger charge is -2.11. The van der Waals surface area contributed by atoms with E-state index in [-0.39, 0.29) is 5.71 Å². The van der Waals surface area contributed by atoms with Crippen molar-refractivity contribution in [2.24, 2.45) is 5.16 Å². The number of alkyl halides is 5. The Morgan fingerprint density at radius 1 is 1.21 bits per heavy atom. The summed E-state index contributed by atoms with van der Waals surface area (Å²) in [7, 11) is 0. The first-order valence-electron chi connectivity index (χ1n) is 8.44. The topological polar surface area (TPSA) is 79.8 Å². The predicted molar refractivity (Wildman–Crippen MR) is 89.8 cm³/mol. The molecule has 2 N–H and O–H groups in total. The number of amides is 2. The molecule has 154 valence electrons. The van der Waals surface area contributed by atoms with Crippen LogP contribution in [0.4, 0.5) is 22.0 Å². The number of hydrogen-bond acceptors (Lipinski definition) is 5. The third-order valence-electron chi connectivity index (χ3n) is 4.34. The van der Waals surface area contributed by atoms with Gasteiger partial charge in [0.05, 0.1) is 22.8 Å². The van der Waals surface area contributed by atoms with Gasteiger partial charge in [-0.15, -0.1) is 11.3 Å². The van der Waals surface area contributed by atoms with Gasteiger partial charge >= 0.3 is 6.18 Å². The fourth-order valence-electron chi connectivity index (χ4n) is 3.07. The average molecular weight is 425 g/mol. The van der Waals surface area contributed by atoms with Crippen molar-refractivity contribution in [1.29, 1.82) is 0 Å². The lowest BCUT2D eigenvalue weighted by Crippen LogP contribution is -2.38. The first-order chi connectivity index (χ1) is 13.2. The minimum Gasteiger partial charge on any atom is -0.382 e. The number of carbonyl (C=O) groups is 2. The highest BCUT2D eigenvalue weighted by molar-refractivity contribution is 7.16. The number of carbonyl (C=O) groups excluding carboxylic acids is 2. The summed E-state index contributed by atoms with van der Waals surface area (Å²) >= 11 is 1.01. The van der Waals surface area contributed by atoms with Crippen molar-refractivity contribution < 1.29 is 36.4 Å². The van der Waals surface area contributed by atoms with Crippen LogP contribution in [0, 0.1) is 0 Å². The van der Waals surface area contributed by atoms with Gasteiger partial charge in [0.2, 0.25) is 12.0 Å². The molecule has 0 saturated heterocycles. The zero-order valence-electron chi connectivity index (χ0n) is 14.4. The van der Waals surface area contributed by atoms with E-state index in [1.165, 1.54) is 0 Å². The maximum Gasteiger partial charge on any atom is 0.428 e. The van der Waals surface area contributed by atoms with Crippen molar-refractivity contribution in [1.82, 2.24) is 10.6 Å². The van der Waals surface area contributed by atoms with Crippen LogP contribution < -0.4 is 10.6 Å². The molecule has 1 atom stereocenters. The van der Waals surface area contributed by atoms with Gasteiger partial charge in [-0.2, -0.15) is 13.2 Å². The molecule has 6 nitrogen and oxygen atoms in total. The summed E-state index contributed by atoms with van der Waals surface area (Å²) in [6, 6.07) is 0. The number of thiophene rings is 1. The Morgan fingerprint density at radius 3 is 2.57 bits per heavy atom. The van der Waals surface area contributed by atoms with Crippen LogP contribution in [-0.2, 0) is 22.5 Å². The molecule has 0 spiro atoms. The van der Waals surface area contributed by atoms with Gasteiger partial charge in [-0.25, -0.2) is 8.78 Å². The molecule has 3 rings (SSSR count). The Hall–Kier alpha value is -2.24. The van der Waals surface area contributed by atoms with E-state index in [0.717, 1.165) is 28.9 Å². The maximum absolute atomic E-state index is 12.8. The van der Waals surface area contributed by atoms with Crippen LogP contribution in [0.15, 0.2) is 5.16 Å². The van der Waals surface area contributed by atoms with Crippen LogP contribution in [0.25, 0.3) is 0 Å². The first-order valence-corrected chi connectivity index (χ1v) is 9.25. The Labute approximate surface area is 160 Å². The van der Waals surface area contributed by atoms with E-state index in [1.807, 2.05) is 5.32 Å². The van der Waals surface area contributed by atoms with Gasteiger partial charge in [0.25, 0.3) is 12.3 Å². The van der Waals surface area contributed by atoms with Crippen molar-refractivity contribution in [3.63, 3.8) is 0 Å². The van der Waals surface area contributed by atoms with Gasteiger partial charge in [-0.3, -0.25) is 9.59 Å². The molecule has 0 radical (unpaired) electrons. The van der Waals surface area contributed by atoms with Crippen molar-refractivity contribution in [3.8, 4) is 0 Å². The molecule has 28 heavy (non-hydrogen) atoms. The molecule has 0 fully saturated rings. The van der Waals surface area contributed by atoms with Crippen molar-refractivity contribution in [2.75, 3.05) is 13.1 Å². The summed E-state index contributed by atoms with van der Waals surface area (Å²) in [4.78, 5) is 29.2. The fourth-order valence-corrected chi connectivity index (χ4v) is 4.37. The minimum atomic E-state index is -4.53. The molecule has 2 amide bonds. The van der Waals surface area contributed by atoms with Crippen LogP contribution in [0.1, 0.15) is 38.5 Å². The standard InChI is InChI=1S/C16H16F5N3O3S/c17-11(18)5-22-12(25)6-23-15(26)14-8-3-1-2-7(8)13(28-14)9-4-10(27-24-9)16(19,20)21/h10-11H,1-6H2,(H,22,25)(H,23,26)/t10-/m1/s1. The minimum absolute atomic E-state index is 0.152. The molecular weight excluding hydrogens is 409 g/mol. The Kier molecular flexibility index (Phi) is 5.87. The van der Waals surface area contributed by atoms with Gasteiger partial charge in [0, 0.05) is 6.42 Å². The van der Waals surface area contributed by atoms with Crippen LogP contribution in [0.3, 0.4) is 0 Å². The second kappa shape index (κ2) is 8.02. The fraction of sp³-hybridized carbons (Fsp3) is 0.562. The molecule has 0 aromatic carbocycles. The van der Waals surface area contributed by atoms with Crippen molar-refractivity contribution in [2.45, 2.75) is 44.4 Å². The second-order valence-electron chi connectivity index (χ2n) is 6.33. The Bertz CT molecular complexity index is 806. The zero-order valence-corrected chi connectivity index (χ0v) is 15.2. The van der Waals surface area contributed by atoms with Crippen LogP contribution >= 0.6 is 11.3 Å². The highest BCUT2D eigenvalue weighted by Gasteiger charge is 2.46. The third-order valence-corrected chi connectivity index (χ3v) is 5.66. The highest BCUT2D eigenvalue weighted by atomic mass is 32.1. The van der Waals surface area contributed by atoms with Crippen LogP contribution in [-0.4, -0.2) is 49.3 Å². The Balaban J connectivity index is 1.69. The van der Waals surface area contributed by atoms with Crippen molar-refractivity contribution >= 4 is 28.9 Å². The number of halogens is 5. The molecule has 1 aliphatic carbocycles. The van der Waals surface area contributed by atoms with E-state index in [2.05, 4.69) is 15.3 Å². The summed E-state index contributed by atoms with van der Waals surface area (Å²) in [6.07, 6.45) is -7.71.